The number of alkyl halides is 8. The van der Waals surface area contributed by atoms with Crippen molar-refractivity contribution in [1.29, 1.82) is 0 Å². The van der Waals surface area contributed by atoms with Crippen LogP contribution in [0.4, 0.5) is 35.1 Å². The molecular weight excluding hydrogens is 808 g/mol. The van der Waals surface area contributed by atoms with Crippen molar-refractivity contribution in [2.75, 3.05) is 0 Å². The number of ether oxygens (including phenoxy) is 1. The van der Waals surface area contributed by atoms with E-state index in [0.29, 0.717) is 65.2 Å². The molecule has 17 nitrogen and oxygen atoms in total. The predicted molar refractivity (Wildman–Crippen MR) is 190 cm³/mol. The smallest absolute Gasteiger partial charge is 0.368 e. The molecule has 0 radical (unpaired) electrons. The van der Waals surface area contributed by atoms with Gasteiger partial charge in [-0.1, -0.05) is 69.2 Å². The van der Waals surface area contributed by atoms with E-state index in [2.05, 4.69) is 4.74 Å². The van der Waals surface area contributed by atoms with Crippen LogP contribution in [0.2, 0.25) is 0 Å². The van der Waals surface area contributed by atoms with E-state index >= 15 is 0 Å². The highest BCUT2D eigenvalue weighted by Crippen LogP contribution is 2.46. The monoisotopic (exact) mass is 882 g/mol. The third-order valence-electron chi connectivity index (χ3n) is 4.92. The van der Waals surface area contributed by atoms with Gasteiger partial charge in [-0.05, 0) is 51.4 Å². The zero-order valence-electron chi connectivity index (χ0n) is 34.3. The van der Waals surface area contributed by atoms with Crippen LogP contribution in [0.3, 0.4) is 0 Å². The number of hydrogen-bond acceptors (Lipinski definition) is 17. The molecule has 0 aliphatic rings. The van der Waals surface area contributed by atoms with E-state index in [-0.39, 0.29) is 0 Å². The average Bonchev–Trinajstić information content (AvgIpc) is 3.12. The highest BCUT2D eigenvalue weighted by atomic mass is 19.3. The molecule has 0 bridgehead atoms. The van der Waals surface area contributed by atoms with Gasteiger partial charge in [0.1, 0.15) is 0 Å². The van der Waals surface area contributed by atoms with Crippen molar-refractivity contribution < 1.29 is 122 Å². The minimum absolute atomic E-state index is 0.417. The van der Waals surface area contributed by atoms with Crippen LogP contribution in [0.25, 0.3) is 0 Å². The summed E-state index contributed by atoms with van der Waals surface area (Å²) in [7, 11) is 0. The largest absolute Gasteiger partial charge is 0.423 e. The van der Waals surface area contributed by atoms with Gasteiger partial charge in [-0.25, -0.2) is 4.74 Å². The number of halogens is 8. The molecule has 0 amide bonds. The van der Waals surface area contributed by atoms with Crippen LogP contribution in [0, 0.1) is 0 Å². The lowest BCUT2D eigenvalue weighted by Crippen LogP contribution is -2.52. The number of rotatable bonds is 14. The Morgan fingerprint density at radius 3 is 0.421 bits per heavy atom. The van der Waals surface area contributed by atoms with Gasteiger partial charge >= 0.3 is 24.1 Å². The van der Waals surface area contributed by atoms with Crippen molar-refractivity contribution in [3.8, 4) is 0 Å². The molecule has 0 heterocycles. The summed E-state index contributed by atoms with van der Waals surface area (Å²) >= 11 is 0. The van der Waals surface area contributed by atoms with Crippen LogP contribution in [0.15, 0.2) is 0 Å². The van der Waals surface area contributed by atoms with Crippen LogP contribution >= 0.6 is 0 Å². The van der Waals surface area contributed by atoms with E-state index in [1.807, 2.05) is 0 Å². The third-order valence-corrected chi connectivity index (χ3v) is 4.92. The fourth-order valence-electron chi connectivity index (χ4n) is 0.722. The Balaban J connectivity index is -0.0000000696. The van der Waals surface area contributed by atoms with Crippen LogP contribution in [-0.2, 0) is 4.74 Å². The Bertz CT molecular complexity index is 619. The molecular formula is C32H74F8O17. The molecule has 57 heavy (non-hydrogen) atoms. The molecule has 360 valence electrons. The third kappa shape index (κ3) is 76.1. The Kier molecular flexibility index (Phi) is 63.6. The summed E-state index contributed by atoms with van der Waals surface area (Å²) in [5.74, 6) is -9.92. The Morgan fingerprint density at radius 2 is 0.368 bits per heavy atom. The summed E-state index contributed by atoms with van der Waals surface area (Å²) in [5, 5.41) is 127. The lowest BCUT2D eigenvalue weighted by Gasteiger charge is -2.32. The molecule has 0 aromatic rings. The van der Waals surface area contributed by atoms with Crippen molar-refractivity contribution in [1.82, 2.24) is 0 Å². The van der Waals surface area contributed by atoms with E-state index in [4.69, 9.17) is 81.7 Å². The highest BCUT2D eigenvalue weighted by Gasteiger charge is 2.67. The molecule has 16 N–H and O–H groups in total. The summed E-state index contributed by atoms with van der Waals surface area (Å²) in [6.45, 7) is 14.7. The number of aliphatic hydroxyl groups is 16. The van der Waals surface area contributed by atoms with E-state index in [1.165, 1.54) is 0 Å². The molecule has 0 fully saturated rings. The fraction of sp³-hybridized carbons (Fsp3) is 1.00. The van der Waals surface area contributed by atoms with Crippen LogP contribution in [0.5, 0.6) is 0 Å². The first-order valence-corrected chi connectivity index (χ1v) is 17.6. The van der Waals surface area contributed by atoms with Crippen molar-refractivity contribution >= 4 is 0 Å². The summed E-state index contributed by atoms with van der Waals surface area (Å²) < 4.78 is 103. The van der Waals surface area contributed by atoms with Gasteiger partial charge in [-0.2, -0.15) is 35.1 Å². The molecule has 0 atom stereocenters. The molecule has 0 spiro atoms. The second-order valence-electron chi connectivity index (χ2n) is 10.4. The molecule has 0 unspecified atom stereocenters. The zero-order chi connectivity index (χ0) is 48.4. The van der Waals surface area contributed by atoms with Crippen LogP contribution < -0.4 is 0 Å². The van der Waals surface area contributed by atoms with E-state index in [1.54, 1.807) is 55.4 Å². The maximum atomic E-state index is 12.6. The minimum Gasteiger partial charge on any atom is -0.368 e. The van der Waals surface area contributed by atoms with Crippen molar-refractivity contribution in [2.45, 2.75) is 208 Å². The summed E-state index contributed by atoms with van der Waals surface area (Å²) in [6, 6.07) is 0. The minimum atomic E-state index is -5.68. The van der Waals surface area contributed by atoms with Crippen LogP contribution in [0.1, 0.15) is 133 Å². The molecule has 0 aromatic heterocycles. The SMILES string of the molecule is CCC(F)(F)C(F)(F)OC(F)(F)C(F)(F)CC.CCC(O)O.CCC(O)O.CCC(O)O.CCC(O)O.CCC(O)O.CCC(O)O.CCC(O)O.CCC(O)O. The lowest BCUT2D eigenvalue weighted by atomic mass is 10.2. The van der Waals surface area contributed by atoms with Crippen LogP contribution in [-0.4, -0.2) is 156 Å². The molecule has 25 heteroatoms. The summed E-state index contributed by atoms with van der Waals surface area (Å²) in [4.78, 5) is 0. The second-order valence-corrected chi connectivity index (χ2v) is 10.4. The summed E-state index contributed by atoms with van der Waals surface area (Å²) in [5.41, 5.74) is 0. The first kappa shape index (κ1) is 76.5. The first-order valence-electron chi connectivity index (χ1n) is 17.6. The number of hydrogen-bond donors (Lipinski definition) is 16. The van der Waals surface area contributed by atoms with Gasteiger partial charge in [-0.15, -0.1) is 0 Å². The first-order chi connectivity index (χ1) is 25.5. The molecule has 0 aliphatic heterocycles. The number of aliphatic hydroxyl groups excluding tert-OH is 8. The topological polar surface area (TPSA) is 333 Å². The lowest BCUT2D eigenvalue weighted by molar-refractivity contribution is -0.467. The maximum Gasteiger partial charge on any atom is 0.423 e. The van der Waals surface area contributed by atoms with Gasteiger partial charge in [0.15, 0.2) is 50.3 Å². The molecule has 0 rings (SSSR count). The quantitative estimate of drug-likeness (QED) is 0.0875. The van der Waals surface area contributed by atoms with Gasteiger partial charge in [0.05, 0.1) is 0 Å². The van der Waals surface area contributed by atoms with Gasteiger partial charge in [0.25, 0.3) is 0 Å². The standard InChI is InChI=1S/C8H10F8O.8C3H8O2/c1-3-5(9,10)7(13,14)17-8(15,16)6(11,12)4-2;8*1-2-3(4)5/h3-4H2,1-2H3;8*3-5H,2H2,1H3. The Hall–Kier alpha value is -1.24. The highest BCUT2D eigenvalue weighted by molar-refractivity contribution is 4.82. The maximum absolute atomic E-state index is 12.6. The molecule has 0 saturated carbocycles. The normalized spacial score (nSPS) is 11.3. The fourth-order valence-corrected chi connectivity index (χ4v) is 0.722. The predicted octanol–water partition coefficient (Wildman–Crippen LogP) is 1.94. The molecule has 0 aliphatic carbocycles. The van der Waals surface area contributed by atoms with Crippen molar-refractivity contribution in [2.24, 2.45) is 0 Å². The molecule has 0 aromatic carbocycles. The Morgan fingerprint density at radius 1 is 0.281 bits per heavy atom. The van der Waals surface area contributed by atoms with E-state index < -0.39 is 87.2 Å². The Labute approximate surface area is 329 Å². The van der Waals surface area contributed by atoms with E-state index in [9.17, 15) is 35.1 Å². The van der Waals surface area contributed by atoms with E-state index in [0.717, 1.165) is 0 Å². The molecule has 0 saturated heterocycles. The average molecular weight is 883 g/mol. The van der Waals surface area contributed by atoms with Crippen molar-refractivity contribution in [3.63, 3.8) is 0 Å². The summed E-state index contributed by atoms with van der Waals surface area (Å²) in [6.07, 6.45) is -20.0. The van der Waals surface area contributed by atoms with Gasteiger partial charge in [0.2, 0.25) is 0 Å². The zero-order valence-corrected chi connectivity index (χ0v) is 34.3. The van der Waals surface area contributed by atoms with Crippen molar-refractivity contribution in [3.05, 3.63) is 0 Å². The second kappa shape index (κ2) is 47.4. The van der Waals surface area contributed by atoms with Gasteiger partial charge in [0, 0.05) is 12.8 Å². The van der Waals surface area contributed by atoms with Gasteiger partial charge in [-0.3, -0.25) is 0 Å². The van der Waals surface area contributed by atoms with Gasteiger partial charge < -0.3 is 81.7 Å².